The summed E-state index contributed by atoms with van der Waals surface area (Å²) < 4.78 is 4.99. The van der Waals surface area contributed by atoms with E-state index in [0.717, 1.165) is 12.0 Å². The fourth-order valence-electron chi connectivity index (χ4n) is 1.72. The van der Waals surface area contributed by atoms with E-state index in [4.69, 9.17) is 10.5 Å². The van der Waals surface area contributed by atoms with E-state index in [1.54, 1.807) is 0 Å². The van der Waals surface area contributed by atoms with Gasteiger partial charge in [-0.2, -0.15) is 0 Å². The van der Waals surface area contributed by atoms with E-state index in [-0.39, 0.29) is 11.9 Å². The van der Waals surface area contributed by atoms with Crippen LogP contribution in [0.3, 0.4) is 0 Å². The zero-order valence-electron chi connectivity index (χ0n) is 10.6. The normalized spacial score (nSPS) is 12.2. The number of carbonyl (C=O) groups excluding carboxylic acids is 1. The first kappa shape index (κ1) is 13.7. The fraction of sp³-hybridized carbons (Fsp3) is 0.500. The second-order valence-electron chi connectivity index (χ2n) is 4.06. The number of ether oxygens (including phenoxy) is 1. The molecule has 0 aliphatic rings. The van der Waals surface area contributed by atoms with Gasteiger partial charge in [-0.05, 0) is 30.9 Å². The zero-order valence-corrected chi connectivity index (χ0v) is 10.6. The summed E-state index contributed by atoms with van der Waals surface area (Å²) >= 11 is 0. The number of hydrogen-bond acceptors (Lipinski definition) is 3. The number of aryl methyl sites for hydroxylation is 1. The van der Waals surface area contributed by atoms with E-state index in [0.29, 0.717) is 19.6 Å². The molecule has 17 heavy (non-hydrogen) atoms. The summed E-state index contributed by atoms with van der Waals surface area (Å²) in [5.41, 5.74) is 8.04. The van der Waals surface area contributed by atoms with Crippen molar-refractivity contribution in [3.8, 4) is 0 Å². The highest BCUT2D eigenvalue weighted by Gasteiger charge is 2.18. The predicted molar refractivity (Wildman–Crippen MR) is 68.7 cm³/mol. The first-order valence-corrected chi connectivity index (χ1v) is 6.15. The van der Waals surface area contributed by atoms with Crippen LogP contribution >= 0.6 is 0 Å². The lowest BCUT2D eigenvalue weighted by molar-refractivity contribution is -0.147. The van der Waals surface area contributed by atoms with Crippen LogP contribution in [-0.4, -0.2) is 19.1 Å². The molecule has 2 N–H and O–H groups in total. The number of benzene rings is 1. The smallest absolute Gasteiger partial charge is 0.310 e. The van der Waals surface area contributed by atoms with Gasteiger partial charge in [0.2, 0.25) is 0 Å². The molecular weight excluding hydrogens is 214 g/mol. The molecule has 3 heteroatoms. The predicted octanol–water partition coefficient (Wildman–Crippen LogP) is 1.93. The topological polar surface area (TPSA) is 52.3 Å². The van der Waals surface area contributed by atoms with Gasteiger partial charge in [0.25, 0.3) is 0 Å². The number of rotatable bonds is 6. The van der Waals surface area contributed by atoms with Crippen molar-refractivity contribution in [2.45, 2.75) is 26.7 Å². The van der Waals surface area contributed by atoms with Gasteiger partial charge >= 0.3 is 5.97 Å². The molecule has 1 aromatic rings. The Kier molecular flexibility index (Phi) is 5.70. The van der Waals surface area contributed by atoms with E-state index in [1.807, 2.05) is 6.92 Å². The standard InChI is InChI=1S/C14H21NO2/c1-3-11-5-7-12(8-6-11)9-13(10-15)14(16)17-4-2/h5-8,13H,3-4,9-10,15H2,1-2H3. The summed E-state index contributed by atoms with van der Waals surface area (Å²) in [6.45, 7) is 4.66. The van der Waals surface area contributed by atoms with Gasteiger partial charge in [0.05, 0.1) is 12.5 Å². The quantitative estimate of drug-likeness (QED) is 0.766. The summed E-state index contributed by atoms with van der Waals surface area (Å²) in [6, 6.07) is 8.30. The SMILES string of the molecule is CCOC(=O)C(CN)Cc1ccc(CC)cc1. The molecule has 0 heterocycles. The van der Waals surface area contributed by atoms with Crippen LogP contribution < -0.4 is 5.73 Å². The van der Waals surface area contributed by atoms with E-state index in [9.17, 15) is 4.79 Å². The van der Waals surface area contributed by atoms with E-state index in [1.165, 1.54) is 5.56 Å². The highest BCUT2D eigenvalue weighted by Crippen LogP contribution is 2.11. The number of hydrogen-bond donors (Lipinski definition) is 1. The molecule has 1 atom stereocenters. The molecule has 3 nitrogen and oxygen atoms in total. The van der Waals surface area contributed by atoms with Crippen molar-refractivity contribution in [3.05, 3.63) is 35.4 Å². The maximum atomic E-state index is 11.6. The second-order valence-corrected chi connectivity index (χ2v) is 4.06. The Morgan fingerprint density at radius 3 is 2.29 bits per heavy atom. The minimum atomic E-state index is -0.234. The molecule has 0 aliphatic carbocycles. The number of nitrogens with two attached hydrogens (primary N) is 1. The highest BCUT2D eigenvalue weighted by atomic mass is 16.5. The average Bonchev–Trinajstić information content (AvgIpc) is 2.37. The highest BCUT2D eigenvalue weighted by molar-refractivity contribution is 5.73. The maximum Gasteiger partial charge on any atom is 0.310 e. The second kappa shape index (κ2) is 7.07. The Bertz CT molecular complexity index is 346. The van der Waals surface area contributed by atoms with Gasteiger partial charge in [-0.25, -0.2) is 0 Å². The third-order valence-corrected chi connectivity index (χ3v) is 2.82. The Morgan fingerprint density at radius 1 is 1.24 bits per heavy atom. The van der Waals surface area contributed by atoms with Gasteiger partial charge in [-0.3, -0.25) is 4.79 Å². The van der Waals surface area contributed by atoms with Gasteiger partial charge in [-0.1, -0.05) is 31.2 Å². The lowest BCUT2D eigenvalue weighted by Gasteiger charge is -2.13. The van der Waals surface area contributed by atoms with Crippen molar-refractivity contribution >= 4 is 5.97 Å². The van der Waals surface area contributed by atoms with Crippen molar-refractivity contribution in [1.29, 1.82) is 0 Å². The molecule has 0 saturated heterocycles. The number of esters is 1. The van der Waals surface area contributed by atoms with E-state index < -0.39 is 0 Å². The monoisotopic (exact) mass is 235 g/mol. The van der Waals surface area contributed by atoms with Crippen LogP contribution in [0.25, 0.3) is 0 Å². The summed E-state index contributed by atoms with van der Waals surface area (Å²) in [5, 5.41) is 0. The molecule has 1 rings (SSSR count). The first-order valence-electron chi connectivity index (χ1n) is 6.15. The van der Waals surface area contributed by atoms with Crippen molar-refractivity contribution in [3.63, 3.8) is 0 Å². The minimum absolute atomic E-state index is 0.199. The van der Waals surface area contributed by atoms with Gasteiger partial charge in [0.1, 0.15) is 0 Å². The molecule has 0 aromatic heterocycles. The molecule has 0 aliphatic heterocycles. The largest absolute Gasteiger partial charge is 0.466 e. The van der Waals surface area contributed by atoms with Crippen LogP contribution in [0.5, 0.6) is 0 Å². The maximum absolute atomic E-state index is 11.6. The molecule has 1 aromatic carbocycles. The third kappa shape index (κ3) is 4.19. The first-order chi connectivity index (χ1) is 8.21. The van der Waals surface area contributed by atoms with E-state index >= 15 is 0 Å². The fourth-order valence-corrected chi connectivity index (χ4v) is 1.72. The Balaban J connectivity index is 2.63. The summed E-state index contributed by atoms with van der Waals surface area (Å²) in [4.78, 5) is 11.6. The van der Waals surface area contributed by atoms with E-state index in [2.05, 4.69) is 31.2 Å². The van der Waals surface area contributed by atoms with Crippen LogP contribution in [0.1, 0.15) is 25.0 Å². The molecule has 1 unspecified atom stereocenters. The van der Waals surface area contributed by atoms with Gasteiger partial charge in [0, 0.05) is 6.54 Å². The lowest BCUT2D eigenvalue weighted by Crippen LogP contribution is -2.27. The minimum Gasteiger partial charge on any atom is -0.466 e. The van der Waals surface area contributed by atoms with Crippen molar-refractivity contribution < 1.29 is 9.53 Å². The van der Waals surface area contributed by atoms with Crippen molar-refractivity contribution in [1.82, 2.24) is 0 Å². The van der Waals surface area contributed by atoms with Crippen LogP contribution in [0.4, 0.5) is 0 Å². The third-order valence-electron chi connectivity index (χ3n) is 2.82. The van der Waals surface area contributed by atoms with Gasteiger partial charge < -0.3 is 10.5 Å². The van der Waals surface area contributed by atoms with Crippen LogP contribution in [0.15, 0.2) is 24.3 Å². The molecule has 0 bridgehead atoms. The molecule has 0 spiro atoms. The molecule has 0 saturated carbocycles. The van der Waals surface area contributed by atoms with Crippen LogP contribution in [0, 0.1) is 5.92 Å². The molecule has 0 fully saturated rings. The van der Waals surface area contributed by atoms with Gasteiger partial charge in [0.15, 0.2) is 0 Å². The van der Waals surface area contributed by atoms with Crippen LogP contribution in [0.2, 0.25) is 0 Å². The molecule has 0 amide bonds. The van der Waals surface area contributed by atoms with Crippen LogP contribution in [-0.2, 0) is 22.4 Å². The molecular formula is C14H21NO2. The lowest BCUT2D eigenvalue weighted by atomic mass is 9.98. The Morgan fingerprint density at radius 2 is 1.82 bits per heavy atom. The molecule has 0 radical (unpaired) electrons. The van der Waals surface area contributed by atoms with Crippen molar-refractivity contribution in [2.75, 3.05) is 13.2 Å². The van der Waals surface area contributed by atoms with Gasteiger partial charge in [-0.15, -0.1) is 0 Å². The zero-order chi connectivity index (χ0) is 12.7. The Labute approximate surface area is 103 Å². The Hall–Kier alpha value is -1.35. The molecule has 94 valence electrons. The summed E-state index contributed by atoms with van der Waals surface area (Å²) in [5.74, 6) is -0.433. The summed E-state index contributed by atoms with van der Waals surface area (Å²) in [7, 11) is 0. The summed E-state index contributed by atoms with van der Waals surface area (Å²) in [6.07, 6.45) is 1.68. The average molecular weight is 235 g/mol. The number of carbonyl (C=O) groups is 1. The van der Waals surface area contributed by atoms with Crippen molar-refractivity contribution in [2.24, 2.45) is 11.7 Å².